The Hall–Kier alpha value is -1.14. The SMILES string of the molecule is CCCCC/C=C\CCSC(=O)CCCCCCCC(CCCCCCCC(C)=O)OC(=O)CCCN(C)C. The van der Waals surface area contributed by atoms with E-state index in [0.29, 0.717) is 24.4 Å². The maximum Gasteiger partial charge on any atom is 0.306 e. The Morgan fingerprint density at radius 1 is 0.718 bits per heavy atom. The van der Waals surface area contributed by atoms with Crippen LogP contribution in [-0.4, -0.2) is 54.3 Å². The standard InChI is InChI=1S/C33H61NO4S/c1-5-6-7-8-9-16-21-29-39-33(37)27-20-15-11-14-19-25-31(38-32(36)26-22-28-34(3)4)24-18-13-10-12-17-23-30(2)35/h9,16,31H,5-8,10-15,17-29H2,1-4H3/b16-9-. The van der Waals surface area contributed by atoms with Crippen LogP contribution in [0.3, 0.4) is 0 Å². The average Bonchev–Trinajstić information content (AvgIpc) is 2.88. The van der Waals surface area contributed by atoms with E-state index in [1.54, 1.807) is 6.92 Å². The van der Waals surface area contributed by atoms with E-state index < -0.39 is 0 Å². The zero-order valence-corrected chi connectivity index (χ0v) is 26.8. The zero-order valence-electron chi connectivity index (χ0n) is 26.0. The van der Waals surface area contributed by atoms with Crippen LogP contribution in [0.5, 0.6) is 0 Å². The monoisotopic (exact) mass is 567 g/mol. The van der Waals surface area contributed by atoms with Crippen molar-refractivity contribution in [2.75, 3.05) is 26.4 Å². The highest BCUT2D eigenvalue weighted by molar-refractivity contribution is 8.13. The highest BCUT2D eigenvalue weighted by Gasteiger charge is 2.14. The van der Waals surface area contributed by atoms with E-state index in [1.165, 1.54) is 31.0 Å². The number of hydrogen-bond acceptors (Lipinski definition) is 6. The van der Waals surface area contributed by atoms with Gasteiger partial charge in [-0.25, -0.2) is 0 Å². The fourth-order valence-electron chi connectivity index (χ4n) is 4.56. The summed E-state index contributed by atoms with van der Waals surface area (Å²) in [7, 11) is 4.04. The minimum absolute atomic E-state index is 0.0211. The van der Waals surface area contributed by atoms with Crippen molar-refractivity contribution in [2.24, 2.45) is 0 Å². The van der Waals surface area contributed by atoms with Crippen molar-refractivity contribution >= 4 is 28.6 Å². The Labute approximate surface area is 245 Å². The summed E-state index contributed by atoms with van der Waals surface area (Å²) in [6.07, 6.45) is 25.9. The molecule has 228 valence electrons. The number of unbranched alkanes of at least 4 members (excludes halogenated alkanes) is 11. The summed E-state index contributed by atoms with van der Waals surface area (Å²) in [5, 5.41) is 0.330. The third kappa shape index (κ3) is 29.7. The molecule has 0 aromatic heterocycles. The lowest BCUT2D eigenvalue weighted by atomic mass is 10.0. The lowest BCUT2D eigenvalue weighted by Gasteiger charge is -2.18. The number of hydrogen-bond donors (Lipinski definition) is 0. The molecule has 0 saturated carbocycles. The molecule has 0 aliphatic heterocycles. The maximum absolute atomic E-state index is 12.4. The van der Waals surface area contributed by atoms with Crippen LogP contribution in [0.25, 0.3) is 0 Å². The second-order valence-corrected chi connectivity index (χ2v) is 12.5. The lowest BCUT2D eigenvalue weighted by Crippen LogP contribution is -2.20. The second kappa shape index (κ2) is 28.4. The van der Waals surface area contributed by atoms with Crippen molar-refractivity contribution in [2.45, 2.75) is 155 Å². The molecule has 39 heavy (non-hydrogen) atoms. The lowest BCUT2D eigenvalue weighted by molar-refractivity contribution is -0.150. The molecular weight excluding hydrogens is 506 g/mol. The van der Waals surface area contributed by atoms with Gasteiger partial charge in [-0.05, 0) is 91.8 Å². The molecule has 0 aromatic carbocycles. The van der Waals surface area contributed by atoms with Gasteiger partial charge in [0.25, 0.3) is 0 Å². The number of thioether (sulfide) groups is 1. The van der Waals surface area contributed by atoms with Gasteiger partial charge >= 0.3 is 5.97 Å². The molecule has 6 heteroatoms. The molecule has 1 atom stereocenters. The van der Waals surface area contributed by atoms with Crippen molar-refractivity contribution in [1.29, 1.82) is 0 Å². The zero-order chi connectivity index (χ0) is 29.0. The normalized spacial score (nSPS) is 12.3. The van der Waals surface area contributed by atoms with E-state index in [-0.39, 0.29) is 17.9 Å². The number of carbonyl (C=O) groups excluding carboxylic acids is 3. The highest BCUT2D eigenvalue weighted by atomic mass is 32.2. The molecule has 0 aromatic rings. The number of ether oxygens (including phenoxy) is 1. The Bertz CT molecular complexity index is 635. The Morgan fingerprint density at radius 3 is 1.92 bits per heavy atom. The van der Waals surface area contributed by atoms with E-state index in [9.17, 15) is 14.4 Å². The van der Waals surface area contributed by atoms with Crippen molar-refractivity contribution in [1.82, 2.24) is 4.90 Å². The van der Waals surface area contributed by atoms with Crippen LogP contribution >= 0.6 is 11.8 Å². The van der Waals surface area contributed by atoms with Crippen molar-refractivity contribution in [3.05, 3.63) is 12.2 Å². The van der Waals surface area contributed by atoms with E-state index in [4.69, 9.17) is 4.74 Å². The van der Waals surface area contributed by atoms with E-state index in [2.05, 4.69) is 24.0 Å². The van der Waals surface area contributed by atoms with Gasteiger partial charge in [0.15, 0.2) is 5.12 Å². The van der Waals surface area contributed by atoms with E-state index in [0.717, 1.165) is 109 Å². The molecule has 0 radical (unpaired) electrons. The van der Waals surface area contributed by atoms with Crippen LogP contribution in [0.4, 0.5) is 0 Å². The van der Waals surface area contributed by atoms with Gasteiger partial charge in [0.05, 0.1) is 0 Å². The fourth-order valence-corrected chi connectivity index (χ4v) is 5.33. The number of esters is 1. The van der Waals surface area contributed by atoms with Gasteiger partial charge in [-0.3, -0.25) is 9.59 Å². The summed E-state index contributed by atoms with van der Waals surface area (Å²) in [6, 6.07) is 0. The van der Waals surface area contributed by atoms with Crippen molar-refractivity contribution in [3.63, 3.8) is 0 Å². The van der Waals surface area contributed by atoms with Crippen LogP contribution < -0.4 is 0 Å². The summed E-state index contributed by atoms with van der Waals surface area (Å²) in [6.45, 7) is 4.78. The molecule has 0 bridgehead atoms. The smallest absolute Gasteiger partial charge is 0.306 e. The number of allylic oxidation sites excluding steroid dienone is 2. The number of ketones is 1. The minimum Gasteiger partial charge on any atom is -0.462 e. The first-order valence-corrected chi connectivity index (χ1v) is 17.0. The molecule has 0 spiro atoms. The highest BCUT2D eigenvalue weighted by Crippen LogP contribution is 2.18. The predicted octanol–water partition coefficient (Wildman–Crippen LogP) is 9.08. The molecule has 0 heterocycles. The van der Waals surface area contributed by atoms with Crippen molar-refractivity contribution in [3.8, 4) is 0 Å². The first-order valence-electron chi connectivity index (χ1n) is 16.0. The van der Waals surface area contributed by atoms with Crippen molar-refractivity contribution < 1.29 is 19.1 Å². The molecule has 0 N–H and O–H groups in total. The summed E-state index contributed by atoms with van der Waals surface area (Å²) in [5.41, 5.74) is 0. The van der Waals surface area contributed by atoms with Crippen LogP contribution in [0.1, 0.15) is 149 Å². The first-order chi connectivity index (χ1) is 18.8. The number of Topliss-reactive ketones (excluding diaryl/α,β-unsaturated/α-hetero) is 1. The third-order valence-corrected chi connectivity index (χ3v) is 7.90. The quantitative estimate of drug-likeness (QED) is 0.0534. The van der Waals surface area contributed by atoms with Gasteiger partial charge in [0.1, 0.15) is 11.9 Å². The van der Waals surface area contributed by atoms with E-state index >= 15 is 0 Å². The number of nitrogens with zero attached hydrogens (tertiary/aromatic N) is 1. The van der Waals surface area contributed by atoms with Crippen LogP contribution in [-0.2, 0) is 19.1 Å². The Morgan fingerprint density at radius 2 is 1.31 bits per heavy atom. The van der Waals surface area contributed by atoms with Gasteiger partial charge < -0.3 is 14.4 Å². The molecule has 5 nitrogen and oxygen atoms in total. The molecule has 1 unspecified atom stereocenters. The molecule has 0 rings (SSSR count). The second-order valence-electron chi connectivity index (χ2n) is 11.3. The Kier molecular flexibility index (Phi) is 27.6. The third-order valence-electron chi connectivity index (χ3n) is 6.93. The summed E-state index contributed by atoms with van der Waals surface area (Å²) < 4.78 is 5.88. The summed E-state index contributed by atoms with van der Waals surface area (Å²) >= 11 is 1.49. The number of carbonyl (C=O) groups is 3. The minimum atomic E-state index is -0.0636. The Balaban J connectivity index is 4.03. The summed E-state index contributed by atoms with van der Waals surface area (Å²) in [5.74, 6) is 1.11. The van der Waals surface area contributed by atoms with Crippen LogP contribution in [0, 0.1) is 0 Å². The van der Waals surface area contributed by atoms with Gasteiger partial charge in [0, 0.05) is 25.0 Å². The van der Waals surface area contributed by atoms with Gasteiger partial charge in [-0.2, -0.15) is 0 Å². The van der Waals surface area contributed by atoms with E-state index in [1.807, 2.05) is 14.1 Å². The number of rotatable bonds is 28. The molecule has 0 fully saturated rings. The predicted molar refractivity (Wildman–Crippen MR) is 168 cm³/mol. The first kappa shape index (κ1) is 37.9. The van der Waals surface area contributed by atoms with Gasteiger partial charge in [0.2, 0.25) is 0 Å². The fraction of sp³-hybridized carbons (Fsp3) is 0.848. The van der Waals surface area contributed by atoms with Gasteiger partial charge in [-0.1, -0.05) is 82.2 Å². The maximum atomic E-state index is 12.4. The molecule has 0 saturated heterocycles. The topological polar surface area (TPSA) is 63.7 Å². The molecule has 0 aliphatic carbocycles. The van der Waals surface area contributed by atoms with Crippen LogP contribution in [0.2, 0.25) is 0 Å². The summed E-state index contributed by atoms with van der Waals surface area (Å²) in [4.78, 5) is 37.6. The molecule has 0 aliphatic rings. The average molecular weight is 568 g/mol. The largest absolute Gasteiger partial charge is 0.462 e. The van der Waals surface area contributed by atoms with Gasteiger partial charge in [-0.15, -0.1) is 0 Å². The molecule has 0 amide bonds. The van der Waals surface area contributed by atoms with Crippen LogP contribution in [0.15, 0.2) is 12.2 Å². The molecular formula is C33H61NO4S.